The van der Waals surface area contributed by atoms with Gasteiger partial charge in [0.2, 0.25) is 5.91 Å². The molecule has 1 atom stereocenters. The molecule has 0 aromatic heterocycles. The maximum Gasteiger partial charge on any atom is 0.238 e. The van der Waals surface area contributed by atoms with Crippen LogP contribution in [0, 0.1) is 5.82 Å². The minimum absolute atomic E-state index is 0.121. The van der Waals surface area contributed by atoms with Gasteiger partial charge in [-0.3, -0.25) is 9.69 Å². The Kier molecular flexibility index (Phi) is 5.96. The van der Waals surface area contributed by atoms with E-state index in [0.29, 0.717) is 18.3 Å². The first kappa shape index (κ1) is 16.2. The molecule has 1 fully saturated rings. The molecule has 2 rings (SSSR count). The van der Waals surface area contributed by atoms with Crippen LogP contribution < -0.4 is 10.6 Å². The van der Waals surface area contributed by atoms with Gasteiger partial charge in [0.05, 0.1) is 17.3 Å². The van der Waals surface area contributed by atoms with Crippen LogP contribution in [0.4, 0.5) is 10.1 Å². The third kappa shape index (κ3) is 4.66. The Morgan fingerprint density at radius 2 is 2.38 bits per heavy atom. The Morgan fingerprint density at radius 3 is 3.00 bits per heavy atom. The molecule has 21 heavy (non-hydrogen) atoms. The first-order valence-electron chi connectivity index (χ1n) is 7.30. The lowest BCUT2D eigenvalue weighted by Crippen LogP contribution is -2.42. The number of carbonyl (C=O) groups is 1. The van der Waals surface area contributed by atoms with Crippen LogP contribution in [0.3, 0.4) is 0 Å². The second-order valence-electron chi connectivity index (χ2n) is 5.29. The number of benzene rings is 1. The van der Waals surface area contributed by atoms with Crippen molar-refractivity contribution in [1.82, 2.24) is 10.2 Å². The molecule has 1 aliphatic heterocycles. The van der Waals surface area contributed by atoms with Gasteiger partial charge in [-0.1, -0.05) is 18.5 Å². The van der Waals surface area contributed by atoms with Gasteiger partial charge in [0.1, 0.15) is 5.82 Å². The van der Waals surface area contributed by atoms with E-state index in [4.69, 9.17) is 11.6 Å². The number of nitrogens with zero attached hydrogens (tertiary/aromatic N) is 1. The molecule has 1 unspecified atom stereocenters. The highest BCUT2D eigenvalue weighted by Gasteiger charge is 2.23. The van der Waals surface area contributed by atoms with Crippen molar-refractivity contribution < 1.29 is 9.18 Å². The van der Waals surface area contributed by atoms with Crippen LogP contribution in [0.5, 0.6) is 0 Å². The predicted octanol–water partition coefficient (Wildman–Crippen LogP) is 2.49. The van der Waals surface area contributed by atoms with Crippen molar-refractivity contribution in [3.63, 3.8) is 0 Å². The zero-order valence-electron chi connectivity index (χ0n) is 12.2. The molecule has 0 saturated carbocycles. The summed E-state index contributed by atoms with van der Waals surface area (Å²) in [5, 5.41) is 6.28. The number of rotatable bonds is 6. The summed E-state index contributed by atoms with van der Waals surface area (Å²) in [4.78, 5) is 14.4. The molecule has 1 aliphatic rings. The average Bonchev–Trinajstić information content (AvgIpc) is 2.95. The lowest BCUT2D eigenvalue weighted by molar-refractivity contribution is -0.117. The van der Waals surface area contributed by atoms with Crippen molar-refractivity contribution in [1.29, 1.82) is 0 Å². The highest BCUT2D eigenvalue weighted by atomic mass is 35.5. The molecule has 0 bridgehead atoms. The molecule has 1 amide bonds. The van der Waals surface area contributed by atoms with Gasteiger partial charge in [0.15, 0.2) is 0 Å². The molecule has 2 N–H and O–H groups in total. The first-order chi connectivity index (χ1) is 10.1. The molecule has 1 aromatic carbocycles. The summed E-state index contributed by atoms with van der Waals surface area (Å²) in [6, 6.07) is 4.37. The molecule has 0 radical (unpaired) electrons. The van der Waals surface area contributed by atoms with Gasteiger partial charge in [-0.2, -0.15) is 0 Å². The maximum absolute atomic E-state index is 13.0. The van der Waals surface area contributed by atoms with Crippen LogP contribution in [-0.2, 0) is 4.79 Å². The normalized spacial score (nSPS) is 18.2. The van der Waals surface area contributed by atoms with Crippen molar-refractivity contribution >= 4 is 23.2 Å². The van der Waals surface area contributed by atoms with Gasteiger partial charge in [-0.25, -0.2) is 4.39 Å². The Hall–Kier alpha value is -1.17. The van der Waals surface area contributed by atoms with Gasteiger partial charge in [0, 0.05) is 12.6 Å². The number of hydrogen-bond acceptors (Lipinski definition) is 3. The van der Waals surface area contributed by atoms with Crippen LogP contribution in [0.1, 0.15) is 19.8 Å². The maximum atomic E-state index is 13.0. The molecular formula is C15H21ClFN3O. The molecule has 1 heterocycles. The Balaban J connectivity index is 1.95. The van der Waals surface area contributed by atoms with Gasteiger partial charge in [0.25, 0.3) is 0 Å². The van der Waals surface area contributed by atoms with Gasteiger partial charge in [-0.15, -0.1) is 0 Å². The Bertz CT molecular complexity index is 492. The highest BCUT2D eigenvalue weighted by Crippen LogP contribution is 2.22. The second-order valence-corrected chi connectivity index (χ2v) is 5.70. The minimum atomic E-state index is -0.414. The fourth-order valence-corrected chi connectivity index (χ4v) is 2.81. The SMILES string of the molecule is CCCN(CC(=O)Nc1ccc(F)cc1Cl)C1CCNC1. The number of anilines is 1. The van der Waals surface area contributed by atoms with Crippen molar-refractivity contribution in [2.45, 2.75) is 25.8 Å². The zero-order valence-corrected chi connectivity index (χ0v) is 12.9. The van der Waals surface area contributed by atoms with Crippen LogP contribution >= 0.6 is 11.6 Å². The Morgan fingerprint density at radius 1 is 1.57 bits per heavy atom. The summed E-state index contributed by atoms with van der Waals surface area (Å²) in [6.07, 6.45) is 2.06. The van der Waals surface area contributed by atoms with E-state index in [1.54, 1.807) is 0 Å². The van der Waals surface area contributed by atoms with Crippen molar-refractivity contribution in [3.8, 4) is 0 Å². The topological polar surface area (TPSA) is 44.4 Å². The molecule has 0 spiro atoms. The third-order valence-electron chi connectivity index (χ3n) is 3.61. The van der Waals surface area contributed by atoms with E-state index in [1.807, 2.05) is 0 Å². The van der Waals surface area contributed by atoms with Crippen LogP contribution in [-0.4, -0.2) is 43.0 Å². The molecular weight excluding hydrogens is 293 g/mol. The fraction of sp³-hybridized carbons (Fsp3) is 0.533. The van der Waals surface area contributed by atoms with E-state index in [-0.39, 0.29) is 10.9 Å². The summed E-state index contributed by atoms with van der Waals surface area (Å²) in [5.41, 5.74) is 0.448. The van der Waals surface area contributed by atoms with E-state index in [1.165, 1.54) is 18.2 Å². The molecule has 1 aromatic rings. The Labute approximate surface area is 129 Å². The third-order valence-corrected chi connectivity index (χ3v) is 3.93. The summed E-state index contributed by atoms with van der Waals surface area (Å²) >= 11 is 5.92. The fourth-order valence-electron chi connectivity index (χ4n) is 2.59. The smallest absolute Gasteiger partial charge is 0.238 e. The van der Waals surface area contributed by atoms with Crippen molar-refractivity contribution in [3.05, 3.63) is 29.0 Å². The van der Waals surface area contributed by atoms with Crippen LogP contribution in [0.15, 0.2) is 18.2 Å². The van der Waals surface area contributed by atoms with E-state index in [0.717, 1.165) is 32.5 Å². The number of hydrogen-bond donors (Lipinski definition) is 2. The largest absolute Gasteiger partial charge is 0.324 e. The van der Waals surface area contributed by atoms with E-state index in [2.05, 4.69) is 22.5 Å². The number of carbonyl (C=O) groups excluding carboxylic acids is 1. The quantitative estimate of drug-likeness (QED) is 0.848. The van der Waals surface area contributed by atoms with E-state index < -0.39 is 5.82 Å². The number of halogens is 2. The molecule has 6 heteroatoms. The first-order valence-corrected chi connectivity index (χ1v) is 7.67. The summed E-state index contributed by atoms with van der Waals surface area (Å²) < 4.78 is 13.0. The molecule has 116 valence electrons. The second kappa shape index (κ2) is 7.73. The molecule has 4 nitrogen and oxygen atoms in total. The van der Waals surface area contributed by atoms with Gasteiger partial charge >= 0.3 is 0 Å². The summed E-state index contributed by atoms with van der Waals surface area (Å²) in [7, 11) is 0. The molecule has 0 aliphatic carbocycles. The lowest BCUT2D eigenvalue weighted by atomic mass is 10.2. The number of nitrogens with one attached hydrogen (secondary N) is 2. The summed E-state index contributed by atoms with van der Waals surface area (Å²) in [6.45, 7) is 5.23. The number of amides is 1. The van der Waals surface area contributed by atoms with Crippen LogP contribution in [0.2, 0.25) is 5.02 Å². The van der Waals surface area contributed by atoms with Gasteiger partial charge in [-0.05, 0) is 44.1 Å². The highest BCUT2D eigenvalue weighted by molar-refractivity contribution is 6.33. The van der Waals surface area contributed by atoms with E-state index >= 15 is 0 Å². The van der Waals surface area contributed by atoms with Crippen LogP contribution in [0.25, 0.3) is 0 Å². The lowest BCUT2D eigenvalue weighted by Gasteiger charge is -2.27. The van der Waals surface area contributed by atoms with Gasteiger partial charge < -0.3 is 10.6 Å². The van der Waals surface area contributed by atoms with Crippen molar-refractivity contribution in [2.75, 3.05) is 31.5 Å². The minimum Gasteiger partial charge on any atom is -0.324 e. The average molecular weight is 314 g/mol. The van der Waals surface area contributed by atoms with Crippen molar-refractivity contribution in [2.24, 2.45) is 0 Å². The van der Waals surface area contributed by atoms with E-state index in [9.17, 15) is 9.18 Å². The molecule has 1 saturated heterocycles. The predicted molar refractivity (Wildman–Crippen MR) is 83.2 cm³/mol. The monoisotopic (exact) mass is 313 g/mol. The standard InChI is InChI=1S/C15H21ClFN3O/c1-2-7-20(12-5-6-18-9-12)10-15(21)19-14-4-3-11(17)8-13(14)16/h3-4,8,12,18H,2,5-7,9-10H2,1H3,(H,19,21). The zero-order chi connectivity index (χ0) is 15.2. The summed E-state index contributed by atoms with van der Waals surface area (Å²) in [5.74, 6) is -0.536.